The number of anilines is 1. The molecule has 1 atom stereocenters. The smallest absolute Gasteiger partial charge is 0.0349 e. The van der Waals surface area contributed by atoms with Crippen molar-refractivity contribution < 1.29 is 0 Å². The summed E-state index contributed by atoms with van der Waals surface area (Å²) in [5.41, 5.74) is 4.28. The largest absolute Gasteiger partial charge is 0.382 e. The minimum Gasteiger partial charge on any atom is -0.382 e. The number of aryl methyl sites for hydroxylation is 1. The molecular formula is C18H17NS. The molecule has 0 saturated carbocycles. The van der Waals surface area contributed by atoms with Gasteiger partial charge in [0.15, 0.2) is 0 Å². The van der Waals surface area contributed by atoms with E-state index in [-0.39, 0.29) is 0 Å². The zero-order valence-corrected chi connectivity index (χ0v) is 12.1. The van der Waals surface area contributed by atoms with Crippen molar-refractivity contribution in [2.24, 2.45) is 0 Å². The molecule has 1 aliphatic rings. The van der Waals surface area contributed by atoms with E-state index in [0.717, 1.165) is 6.42 Å². The second-order valence-corrected chi connectivity index (χ2v) is 6.47. The summed E-state index contributed by atoms with van der Waals surface area (Å²) in [4.78, 5) is 0. The molecule has 4 rings (SSSR count). The monoisotopic (exact) mass is 279 g/mol. The molecule has 0 aliphatic heterocycles. The molecule has 0 radical (unpaired) electrons. The zero-order chi connectivity index (χ0) is 13.4. The number of fused-ring (bicyclic) bond motifs is 2. The van der Waals surface area contributed by atoms with Gasteiger partial charge in [0.25, 0.3) is 0 Å². The molecule has 0 bridgehead atoms. The second-order valence-electron chi connectivity index (χ2n) is 5.53. The molecule has 0 fully saturated rings. The topological polar surface area (TPSA) is 12.0 Å². The molecule has 1 nitrogen and oxygen atoms in total. The van der Waals surface area contributed by atoms with Crippen LogP contribution < -0.4 is 5.32 Å². The van der Waals surface area contributed by atoms with Crippen LogP contribution in [0, 0.1) is 0 Å². The third-order valence-electron chi connectivity index (χ3n) is 4.17. The fourth-order valence-electron chi connectivity index (χ4n) is 3.11. The van der Waals surface area contributed by atoms with E-state index in [1.807, 2.05) is 0 Å². The van der Waals surface area contributed by atoms with Gasteiger partial charge in [0.1, 0.15) is 0 Å². The summed E-state index contributed by atoms with van der Waals surface area (Å²) in [6, 6.07) is 18.3. The normalized spacial score (nSPS) is 17.9. The molecule has 2 heteroatoms. The Morgan fingerprint density at radius 1 is 1.00 bits per heavy atom. The highest BCUT2D eigenvalue weighted by molar-refractivity contribution is 7.17. The van der Waals surface area contributed by atoms with Gasteiger partial charge < -0.3 is 5.32 Å². The SMILES string of the molecule is c1ccc2c(c1)CCC(Nc1ccc3sccc3c1)C2. The van der Waals surface area contributed by atoms with Crippen LogP contribution in [0.2, 0.25) is 0 Å². The molecule has 0 amide bonds. The van der Waals surface area contributed by atoms with Gasteiger partial charge in [-0.1, -0.05) is 24.3 Å². The number of hydrogen-bond acceptors (Lipinski definition) is 2. The van der Waals surface area contributed by atoms with Gasteiger partial charge in [-0.25, -0.2) is 0 Å². The highest BCUT2D eigenvalue weighted by Crippen LogP contribution is 2.27. The number of hydrogen-bond donors (Lipinski definition) is 1. The van der Waals surface area contributed by atoms with Gasteiger partial charge >= 0.3 is 0 Å². The maximum Gasteiger partial charge on any atom is 0.0349 e. The molecule has 2 aromatic carbocycles. The predicted octanol–water partition coefficient (Wildman–Crippen LogP) is 4.87. The highest BCUT2D eigenvalue weighted by atomic mass is 32.1. The lowest BCUT2D eigenvalue weighted by atomic mass is 9.88. The zero-order valence-electron chi connectivity index (χ0n) is 11.3. The number of benzene rings is 2. The fraction of sp³-hybridized carbons (Fsp3) is 0.222. The minimum absolute atomic E-state index is 0.556. The Balaban J connectivity index is 1.55. The quantitative estimate of drug-likeness (QED) is 0.705. The minimum atomic E-state index is 0.556. The lowest BCUT2D eigenvalue weighted by molar-refractivity contribution is 0.611. The van der Waals surface area contributed by atoms with Crippen molar-refractivity contribution in [3.05, 3.63) is 65.0 Å². The van der Waals surface area contributed by atoms with E-state index in [9.17, 15) is 0 Å². The maximum absolute atomic E-state index is 3.71. The average molecular weight is 279 g/mol. The van der Waals surface area contributed by atoms with Gasteiger partial charge in [-0.3, -0.25) is 0 Å². The summed E-state index contributed by atoms with van der Waals surface area (Å²) >= 11 is 1.81. The van der Waals surface area contributed by atoms with Crippen LogP contribution in [0.15, 0.2) is 53.9 Å². The summed E-state index contributed by atoms with van der Waals surface area (Å²) in [6.07, 6.45) is 3.55. The van der Waals surface area contributed by atoms with Crippen LogP contribution in [0.5, 0.6) is 0 Å². The molecule has 0 spiro atoms. The van der Waals surface area contributed by atoms with E-state index in [1.165, 1.54) is 39.7 Å². The van der Waals surface area contributed by atoms with Crippen LogP contribution >= 0.6 is 11.3 Å². The molecule has 1 aromatic heterocycles. The Labute approximate surface area is 123 Å². The van der Waals surface area contributed by atoms with Gasteiger partial charge in [-0.2, -0.15) is 0 Å². The van der Waals surface area contributed by atoms with Crippen LogP contribution in [0.3, 0.4) is 0 Å². The van der Waals surface area contributed by atoms with Crippen LogP contribution in [0.25, 0.3) is 10.1 Å². The van der Waals surface area contributed by atoms with Gasteiger partial charge in [0, 0.05) is 16.4 Å². The van der Waals surface area contributed by atoms with Crippen molar-refractivity contribution in [2.75, 3.05) is 5.32 Å². The van der Waals surface area contributed by atoms with E-state index in [4.69, 9.17) is 0 Å². The molecular weight excluding hydrogens is 262 g/mol. The summed E-state index contributed by atoms with van der Waals surface area (Å²) in [6.45, 7) is 0. The van der Waals surface area contributed by atoms with Crippen molar-refractivity contribution in [2.45, 2.75) is 25.3 Å². The molecule has 1 N–H and O–H groups in total. The summed E-state index contributed by atoms with van der Waals surface area (Å²) in [5.74, 6) is 0. The lowest BCUT2D eigenvalue weighted by Gasteiger charge is -2.26. The van der Waals surface area contributed by atoms with E-state index < -0.39 is 0 Å². The van der Waals surface area contributed by atoms with E-state index in [1.54, 1.807) is 11.3 Å². The predicted molar refractivity (Wildman–Crippen MR) is 87.7 cm³/mol. The van der Waals surface area contributed by atoms with E-state index in [0.29, 0.717) is 6.04 Å². The first kappa shape index (κ1) is 12.0. The van der Waals surface area contributed by atoms with Gasteiger partial charge in [-0.05, 0) is 65.4 Å². The Morgan fingerprint density at radius 3 is 2.85 bits per heavy atom. The Morgan fingerprint density at radius 2 is 1.90 bits per heavy atom. The van der Waals surface area contributed by atoms with Gasteiger partial charge in [0.05, 0.1) is 0 Å². The lowest BCUT2D eigenvalue weighted by Crippen LogP contribution is -2.27. The van der Waals surface area contributed by atoms with Crippen LogP contribution in [0.1, 0.15) is 17.5 Å². The molecule has 1 heterocycles. The fourth-order valence-corrected chi connectivity index (χ4v) is 3.88. The van der Waals surface area contributed by atoms with Gasteiger partial charge in [0.2, 0.25) is 0 Å². The molecule has 0 saturated heterocycles. The van der Waals surface area contributed by atoms with Crippen molar-refractivity contribution in [1.82, 2.24) is 0 Å². The first-order valence-corrected chi connectivity index (χ1v) is 8.07. The van der Waals surface area contributed by atoms with E-state index >= 15 is 0 Å². The van der Waals surface area contributed by atoms with Crippen molar-refractivity contribution in [3.8, 4) is 0 Å². The summed E-state index contributed by atoms with van der Waals surface area (Å²) in [7, 11) is 0. The Kier molecular flexibility index (Phi) is 2.96. The van der Waals surface area contributed by atoms with Crippen LogP contribution in [0.4, 0.5) is 5.69 Å². The third-order valence-corrected chi connectivity index (χ3v) is 5.07. The standard InChI is InChI=1S/C18H17NS/c1-2-4-14-11-16(6-5-13(14)3-1)19-17-7-8-18-15(12-17)9-10-20-18/h1-4,7-10,12,16,19H,5-6,11H2. The highest BCUT2D eigenvalue weighted by Gasteiger charge is 2.17. The maximum atomic E-state index is 3.71. The number of thiophene rings is 1. The third kappa shape index (κ3) is 2.20. The molecule has 20 heavy (non-hydrogen) atoms. The number of rotatable bonds is 2. The molecule has 100 valence electrons. The van der Waals surface area contributed by atoms with Crippen molar-refractivity contribution in [1.29, 1.82) is 0 Å². The Bertz CT molecular complexity index is 744. The van der Waals surface area contributed by atoms with Gasteiger partial charge in [-0.15, -0.1) is 11.3 Å². The molecule has 1 unspecified atom stereocenters. The first-order chi connectivity index (χ1) is 9.88. The van der Waals surface area contributed by atoms with Crippen molar-refractivity contribution >= 4 is 27.1 Å². The van der Waals surface area contributed by atoms with Crippen LogP contribution in [-0.4, -0.2) is 6.04 Å². The summed E-state index contributed by atoms with van der Waals surface area (Å²) in [5, 5.41) is 7.21. The Hall–Kier alpha value is -1.80. The molecule has 1 aliphatic carbocycles. The van der Waals surface area contributed by atoms with Crippen molar-refractivity contribution in [3.63, 3.8) is 0 Å². The summed E-state index contributed by atoms with van der Waals surface area (Å²) < 4.78 is 1.37. The van der Waals surface area contributed by atoms with E-state index in [2.05, 4.69) is 59.2 Å². The molecule has 3 aromatic rings. The second kappa shape index (κ2) is 4.95. The average Bonchev–Trinajstić information content (AvgIpc) is 2.95. The number of nitrogens with one attached hydrogen (secondary N) is 1. The first-order valence-electron chi connectivity index (χ1n) is 7.19. The van der Waals surface area contributed by atoms with Crippen LogP contribution in [-0.2, 0) is 12.8 Å².